The molecule has 1 fully saturated rings. The monoisotopic (exact) mass is 475 g/mol. The topological polar surface area (TPSA) is 107 Å². The van der Waals surface area contributed by atoms with Crippen LogP contribution in [0, 0.1) is 6.92 Å². The van der Waals surface area contributed by atoms with Crippen molar-refractivity contribution in [2.45, 2.75) is 11.8 Å². The average Bonchev–Trinajstić information content (AvgIpc) is 2.79. The van der Waals surface area contributed by atoms with E-state index in [1.807, 2.05) is 6.92 Å². The van der Waals surface area contributed by atoms with Gasteiger partial charge in [0, 0.05) is 35.4 Å². The van der Waals surface area contributed by atoms with Gasteiger partial charge in [0.15, 0.2) is 0 Å². The summed E-state index contributed by atoms with van der Waals surface area (Å²) in [6, 6.07) is 7.57. The Balaban J connectivity index is 1.76. The van der Waals surface area contributed by atoms with Crippen LogP contribution in [0.3, 0.4) is 0 Å². The van der Waals surface area contributed by atoms with Gasteiger partial charge >= 0.3 is 0 Å². The van der Waals surface area contributed by atoms with Gasteiger partial charge < -0.3 is 14.4 Å². The standard InChI is InChI=1S/C21H22ClN5O4S/c1-14-19(20(25-13-24-14)27-7-9-31-10-8-27)15-11-18(21(30-2)23-12-15)26-32(28,29)17-5-3-16(22)4-6-17/h3-6,11-13,26H,7-10H2,1-2H3. The molecule has 0 bridgehead atoms. The van der Waals surface area contributed by atoms with E-state index < -0.39 is 10.0 Å². The molecule has 11 heteroatoms. The number of ether oxygens (including phenoxy) is 2. The van der Waals surface area contributed by atoms with Crippen LogP contribution in [0.25, 0.3) is 11.1 Å². The number of methoxy groups -OCH3 is 1. The van der Waals surface area contributed by atoms with Gasteiger partial charge in [-0.05, 0) is 37.3 Å². The number of benzene rings is 1. The number of hydrogen-bond acceptors (Lipinski definition) is 8. The summed E-state index contributed by atoms with van der Waals surface area (Å²) < 4.78 is 39.2. The predicted molar refractivity (Wildman–Crippen MR) is 122 cm³/mol. The molecule has 1 aliphatic rings. The van der Waals surface area contributed by atoms with Crippen LogP contribution < -0.4 is 14.4 Å². The van der Waals surface area contributed by atoms with Crippen LogP contribution in [0.1, 0.15) is 5.69 Å². The van der Waals surface area contributed by atoms with E-state index in [0.717, 1.165) is 17.1 Å². The molecule has 0 unspecified atom stereocenters. The molecular formula is C21H22ClN5O4S. The number of hydrogen-bond donors (Lipinski definition) is 1. The van der Waals surface area contributed by atoms with E-state index in [1.54, 1.807) is 12.3 Å². The molecule has 0 saturated carbocycles. The van der Waals surface area contributed by atoms with Crippen molar-refractivity contribution in [1.82, 2.24) is 15.0 Å². The van der Waals surface area contributed by atoms with Crippen molar-refractivity contribution in [1.29, 1.82) is 0 Å². The third kappa shape index (κ3) is 4.62. The average molecular weight is 476 g/mol. The van der Waals surface area contributed by atoms with Gasteiger partial charge in [0.1, 0.15) is 17.8 Å². The summed E-state index contributed by atoms with van der Waals surface area (Å²) in [5.74, 6) is 0.896. The maximum absolute atomic E-state index is 12.9. The second kappa shape index (κ2) is 9.27. The molecule has 0 spiro atoms. The van der Waals surface area contributed by atoms with Gasteiger partial charge in [-0.2, -0.15) is 0 Å². The highest BCUT2D eigenvalue weighted by Crippen LogP contribution is 2.35. The minimum atomic E-state index is -3.89. The first kappa shape index (κ1) is 22.3. The lowest BCUT2D eigenvalue weighted by atomic mass is 10.1. The molecule has 1 aromatic carbocycles. The Morgan fingerprint density at radius 2 is 1.84 bits per heavy atom. The van der Waals surface area contributed by atoms with E-state index in [1.165, 1.54) is 37.7 Å². The minimum Gasteiger partial charge on any atom is -0.480 e. The molecule has 3 heterocycles. The summed E-state index contributed by atoms with van der Waals surface area (Å²) in [5.41, 5.74) is 2.40. The lowest BCUT2D eigenvalue weighted by Crippen LogP contribution is -2.37. The van der Waals surface area contributed by atoms with Crippen LogP contribution in [-0.2, 0) is 14.8 Å². The van der Waals surface area contributed by atoms with Crippen LogP contribution in [0.15, 0.2) is 47.8 Å². The van der Waals surface area contributed by atoms with Gasteiger partial charge in [0.2, 0.25) is 5.88 Å². The van der Waals surface area contributed by atoms with Crippen LogP contribution >= 0.6 is 11.6 Å². The van der Waals surface area contributed by atoms with E-state index in [-0.39, 0.29) is 16.5 Å². The van der Waals surface area contributed by atoms with Crippen molar-refractivity contribution in [2.24, 2.45) is 0 Å². The second-order valence-electron chi connectivity index (χ2n) is 7.10. The third-order valence-electron chi connectivity index (χ3n) is 5.03. The van der Waals surface area contributed by atoms with Gasteiger partial charge in [-0.25, -0.2) is 23.4 Å². The number of halogens is 1. The number of aryl methyl sites for hydroxylation is 1. The zero-order valence-electron chi connectivity index (χ0n) is 17.6. The molecule has 168 valence electrons. The zero-order valence-corrected chi connectivity index (χ0v) is 19.2. The Morgan fingerprint density at radius 3 is 2.53 bits per heavy atom. The highest BCUT2D eigenvalue weighted by Gasteiger charge is 2.22. The maximum atomic E-state index is 12.9. The molecule has 4 rings (SSSR count). The lowest BCUT2D eigenvalue weighted by molar-refractivity contribution is 0.122. The largest absolute Gasteiger partial charge is 0.480 e. The van der Waals surface area contributed by atoms with Gasteiger partial charge in [-0.1, -0.05) is 11.6 Å². The smallest absolute Gasteiger partial charge is 0.262 e. The summed E-state index contributed by atoms with van der Waals surface area (Å²) in [4.78, 5) is 15.3. The molecule has 0 radical (unpaired) electrons. The van der Waals surface area contributed by atoms with Crippen LogP contribution in [0.2, 0.25) is 5.02 Å². The fourth-order valence-electron chi connectivity index (χ4n) is 3.46. The first-order chi connectivity index (χ1) is 15.4. The first-order valence-corrected chi connectivity index (χ1v) is 11.7. The lowest BCUT2D eigenvalue weighted by Gasteiger charge is -2.29. The molecular weight excluding hydrogens is 454 g/mol. The van der Waals surface area contributed by atoms with Crippen molar-refractivity contribution < 1.29 is 17.9 Å². The van der Waals surface area contributed by atoms with E-state index in [9.17, 15) is 8.42 Å². The van der Waals surface area contributed by atoms with Crippen molar-refractivity contribution in [3.8, 4) is 17.0 Å². The van der Waals surface area contributed by atoms with Crippen molar-refractivity contribution in [3.05, 3.63) is 53.6 Å². The Hall–Kier alpha value is -2.95. The van der Waals surface area contributed by atoms with Gasteiger partial charge in [0.05, 0.1) is 30.9 Å². The fraction of sp³-hybridized carbons (Fsp3) is 0.286. The summed E-state index contributed by atoms with van der Waals surface area (Å²) >= 11 is 5.88. The molecule has 0 aliphatic carbocycles. The summed E-state index contributed by atoms with van der Waals surface area (Å²) in [5, 5.41) is 0.445. The molecule has 9 nitrogen and oxygen atoms in total. The number of pyridine rings is 1. The van der Waals surface area contributed by atoms with Gasteiger partial charge in [0.25, 0.3) is 10.0 Å². The highest BCUT2D eigenvalue weighted by atomic mass is 35.5. The summed E-state index contributed by atoms with van der Waals surface area (Å²) in [7, 11) is -2.46. The molecule has 0 amide bonds. The Bertz CT molecular complexity index is 1220. The van der Waals surface area contributed by atoms with Crippen molar-refractivity contribution >= 4 is 33.1 Å². The number of anilines is 2. The molecule has 2 aromatic heterocycles. The number of rotatable bonds is 6. The molecule has 3 aromatic rings. The number of sulfonamides is 1. The summed E-state index contributed by atoms with van der Waals surface area (Å²) in [6.45, 7) is 4.49. The van der Waals surface area contributed by atoms with E-state index in [0.29, 0.717) is 36.9 Å². The number of morpholine rings is 1. The maximum Gasteiger partial charge on any atom is 0.262 e. The van der Waals surface area contributed by atoms with E-state index in [4.69, 9.17) is 21.1 Å². The Kier molecular flexibility index (Phi) is 6.45. The Morgan fingerprint density at radius 1 is 1.12 bits per heavy atom. The molecule has 0 atom stereocenters. The summed E-state index contributed by atoms with van der Waals surface area (Å²) in [6.07, 6.45) is 3.14. The van der Waals surface area contributed by atoms with E-state index >= 15 is 0 Å². The van der Waals surface area contributed by atoms with Crippen LogP contribution in [-0.4, -0.2) is 56.8 Å². The zero-order chi connectivity index (χ0) is 22.7. The SMILES string of the molecule is COc1ncc(-c2c(C)ncnc2N2CCOCC2)cc1NS(=O)(=O)c1ccc(Cl)cc1. The number of nitrogens with zero attached hydrogens (tertiary/aromatic N) is 4. The molecule has 1 saturated heterocycles. The van der Waals surface area contributed by atoms with Crippen molar-refractivity contribution in [2.75, 3.05) is 43.0 Å². The molecule has 1 N–H and O–H groups in total. The second-order valence-corrected chi connectivity index (χ2v) is 9.22. The predicted octanol–water partition coefficient (Wildman–Crippen LogP) is 3.15. The minimum absolute atomic E-state index is 0.0718. The van der Waals surface area contributed by atoms with E-state index in [2.05, 4.69) is 24.6 Å². The Labute approximate surface area is 191 Å². The normalized spacial score (nSPS) is 14.3. The quantitative estimate of drug-likeness (QED) is 0.579. The van der Waals surface area contributed by atoms with Crippen molar-refractivity contribution in [3.63, 3.8) is 0 Å². The van der Waals surface area contributed by atoms with Gasteiger partial charge in [-0.15, -0.1) is 0 Å². The first-order valence-electron chi connectivity index (χ1n) is 9.86. The molecule has 1 aliphatic heterocycles. The van der Waals surface area contributed by atoms with Crippen LogP contribution in [0.5, 0.6) is 5.88 Å². The number of aromatic nitrogens is 3. The molecule has 32 heavy (non-hydrogen) atoms. The fourth-order valence-corrected chi connectivity index (χ4v) is 4.63. The third-order valence-corrected chi connectivity index (χ3v) is 6.66. The highest BCUT2D eigenvalue weighted by molar-refractivity contribution is 7.92. The number of nitrogens with one attached hydrogen (secondary N) is 1. The van der Waals surface area contributed by atoms with Gasteiger partial charge in [-0.3, -0.25) is 4.72 Å². The van der Waals surface area contributed by atoms with Crippen LogP contribution in [0.4, 0.5) is 11.5 Å².